The van der Waals surface area contributed by atoms with E-state index in [-0.39, 0.29) is 18.0 Å². The number of aromatic nitrogens is 2. The van der Waals surface area contributed by atoms with Gasteiger partial charge in [0, 0.05) is 38.6 Å². The number of aryl methyl sites for hydroxylation is 1. The zero-order valence-corrected chi connectivity index (χ0v) is 14.0. The maximum atomic E-state index is 13.6. The Hall–Kier alpha value is -2.06. The average Bonchev–Trinajstić information content (AvgIpc) is 2.62. The van der Waals surface area contributed by atoms with Crippen molar-refractivity contribution in [1.82, 2.24) is 14.3 Å². The highest BCUT2D eigenvalue weighted by atomic mass is 32.2. The first kappa shape index (κ1) is 16.8. The predicted octanol–water partition coefficient (Wildman–Crippen LogP) is 1.31. The van der Waals surface area contributed by atoms with Gasteiger partial charge in [0.15, 0.2) is 0 Å². The molecule has 0 radical (unpaired) electrons. The quantitative estimate of drug-likeness (QED) is 0.813. The first-order valence-electron chi connectivity index (χ1n) is 7.79. The van der Waals surface area contributed by atoms with Crippen molar-refractivity contribution in [3.8, 4) is 0 Å². The number of nitrogens with zero attached hydrogens (tertiary/aromatic N) is 4. The number of halogens is 1. The molecular formula is C16H19FN4O2S. The molecular weight excluding hydrogens is 331 g/mol. The van der Waals surface area contributed by atoms with Crippen LogP contribution in [0.5, 0.6) is 0 Å². The third kappa shape index (κ3) is 3.88. The average molecular weight is 350 g/mol. The van der Waals surface area contributed by atoms with Crippen molar-refractivity contribution in [1.29, 1.82) is 0 Å². The monoisotopic (exact) mass is 350 g/mol. The van der Waals surface area contributed by atoms with Crippen molar-refractivity contribution in [2.24, 2.45) is 0 Å². The summed E-state index contributed by atoms with van der Waals surface area (Å²) in [6, 6.07) is 8.02. The summed E-state index contributed by atoms with van der Waals surface area (Å²) in [5, 5.41) is 0. The molecule has 0 saturated carbocycles. The van der Waals surface area contributed by atoms with Crippen molar-refractivity contribution >= 4 is 16.0 Å². The summed E-state index contributed by atoms with van der Waals surface area (Å²) in [4.78, 5) is 10.3. The summed E-state index contributed by atoms with van der Waals surface area (Å²) < 4.78 is 40.0. The molecule has 0 N–H and O–H groups in total. The van der Waals surface area contributed by atoms with Crippen LogP contribution in [-0.2, 0) is 16.4 Å². The Bertz CT molecular complexity index is 778. The van der Waals surface area contributed by atoms with Crippen molar-refractivity contribution < 1.29 is 12.8 Å². The highest BCUT2D eigenvalue weighted by Gasteiger charge is 2.27. The molecule has 1 saturated heterocycles. The Morgan fingerprint density at radius 2 is 1.67 bits per heavy atom. The van der Waals surface area contributed by atoms with Crippen molar-refractivity contribution in [3.63, 3.8) is 0 Å². The number of hydrogen-bond donors (Lipinski definition) is 0. The Morgan fingerprint density at radius 1 is 1.00 bits per heavy atom. The van der Waals surface area contributed by atoms with Crippen LogP contribution in [0.1, 0.15) is 5.56 Å². The largest absolute Gasteiger partial charge is 0.338 e. The number of benzene rings is 1. The lowest BCUT2D eigenvalue weighted by Gasteiger charge is -2.33. The molecule has 24 heavy (non-hydrogen) atoms. The molecule has 0 spiro atoms. The highest BCUT2D eigenvalue weighted by molar-refractivity contribution is 7.89. The van der Waals surface area contributed by atoms with Crippen molar-refractivity contribution in [2.75, 3.05) is 36.8 Å². The van der Waals surface area contributed by atoms with Crippen LogP contribution in [0.4, 0.5) is 10.3 Å². The Balaban J connectivity index is 1.58. The van der Waals surface area contributed by atoms with E-state index >= 15 is 0 Å². The van der Waals surface area contributed by atoms with Crippen LogP contribution >= 0.6 is 0 Å². The van der Waals surface area contributed by atoms with E-state index in [0.717, 1.165) is 0 Å². The summed E-state index contributed by atoms with van der Waals surface area (Å²) in [5.74, 6) is 0.162. The maximum absolute atomic E-state index is 13.6. The minimum absolute atomic E-state index is 0.0875. The fourth-order valence-corrected chi connectivity index (χ4v) is 4.15. The molecule has 0 bridgehead atoms. The van der Waals surface area contributed by atoms with Gasteiger partial charge in [0.25, 0.3) is 0 Å². The third-order valence-electron chi connectivity index (χ3n) is 4.05. The fourth-order valence-electron chi connectivity index (χ4n) is 2.69. The molecule has 1 aromatic heterocycles. The van der Waals surface area contributed by atoms with Gasteiger partial charge in [-0.3, -0.25) is 0 Å². The molecule has 1 aromatic carbocycles. The van der Waals surface area contributed by atoms with Crippen LogP contribution in [0.25, 0.3) is 0 Å². The van der Waals surface area contributed by atoms with Gasteiger partial charge in [-0.15, -0.1) is 0 Å². The SMILES string of the molecule is O=S(=O)(CCc1ccccc1F)N1CCN(c2ncccn2)CC1. The molecule has 0 unspecified atom stereocenters. The molecule has 6 nitrogen and oxygen atoms in total. The Labute approximate surface area is 141 Å². The smallest absolute Gasteiger partial charge is 0.225 e. The van der Waals surface area contributed by atoms with Gasteiger partial charge in [-0.1, -0.05) is 18.2 Å². The summed E-state index contributed by atoms with van der Waals surface area (Å²) in [6.07, 6.45) is 3.51. The Kier molecular flexibility index (Phi) is 5.06. The zero-order valence-electron chi connectivity index (χ0n) is 13.2. The minimum Gasteiger partial charge on any atom is -0.338 e. The number of piperazine rings is 1. The predicted molar refractivity (Wildman–Crippen MR) is 89.7 cm³/mol. The fraction of sp³-hybridized carbons (Fsp3) is 0.375. The number of rotatable bonds is 5. The van der Waals surface area contributed by atoms with E-state index in [9.17, 15) is 12.8 Å². The topological polar surface area (TPSA) is 66.4 Å². The molecule has 1 aliphatic heterocycles. The van der Waals surface area contributed by atoms with Crippen LogP contribution in [0.2, 0.25) is 0 Å². The second kappa shape index (κ2) is 7.23. The lowest BCUT2D eigenvalue weighted by Crippen LogP contribution is -2.49. The van der Waals surface area contributed by atoms with Crippen molar-refractivity contribution in [3.05, 3.63) is 54.1 Å². The molecule has 3 rings (SSSR count). The lowest BCUT2D eigenvalue weighted by molar-refractivity contribution is 0.382. The maximum Gasteiger partial charge on any atom is 0.225 e. The van der Waals surface area contributed by atoms with Gasteiger partial charge in [0.2, 0.25) is 16.0 Å². The molecule has 2 aromatic rings. The van der Waals surface area contributed by atoms with Crippen LogP contribution < -0.4 is 4.90 Å². The van der Waals surface area contributed by atoms with E-state index in [1.165, 1.54) is 10.4 Å². The first-order chi connectivity index (χ1) is 11.6. The van der Waals surface area contributed by atoms with Crippen LogP contribution in [0, 0.1) is 5.82 Å². The zero-order chi connectivity index (χ0) is 17.0. The number of sulfonamides is 1. The van der Waals surface area contributed by atoms with E-state index in [0.29, 0.717) is 37.7 Å². The van der Waals surface area contributed by atoms with E-state index in [1.807, 2.05) is 4.90 Å². The molecule has 8 heteroatoms. The van der Waals surface area contributed by atoms with E-state index in [1.54, 1.807) is 36.7 Å². The van der Waals surface area contributed by atoms with E-state index in [4.69, 9.17) is 0 Å². The molecule has 128 valence electrons. The molecule has 0 amide bonds. The summed E-state index contributed by atoms with van der Waals surface area (Å²) >= 11 is 0. The number of hydrogen-bond acceptors (Lipinski definition) is 5. The van der Waals surface area contributed by atoms with Gasteiger partial charge in [0.05, 0.1) is 5.75 Å². The standard InChI is InChI=1S/C16H19FN4O2S/c17-15-5-2-1-4-14(15)6-13-24(22,23)21-11-9-20(10-12-21)16-18-7-3-8-19-16/h1-5,7-8H,6,9-13H2. The third-order valence-corrected chi connectivity index (χ3v) is 5.93. The first-order valence-corrected chi connectivity index (χ1v) is 9.40. The van der Waals surface area contributed by atoms with E-state index in [2.05, 4.69) is 9.97 Å². The molecule has 0 atom stereocenters. The second-order valence-corrected chi connectivity index (χ2v) is 7.68. The number of anilines is 1. The van der Waals surface area contributed by atoms with Gasteiger partial charge in [-0.25, -0.2) is 22.8 Å². The molecule has 0 aliphatic carbocycles. The Morgan fingerprint density at radius 3 is 2.33 bits per heavy atom. The van der Waals surface area contributed by atoms with Gasteiger partial charge in [0.1, 0.15) is 5.82 Å². The molecule has 2 heterocycles. The molecule has 1 fully saturated rings. The van der Waals surface area contributed by atoms with Crippen molar-refractivity contribution in [2.45, 2.75) is 6.42 Å². The molecule has 1 aliphatic rings. The van der Waals surface area contributed by atoms with Gasteiger partial charge in [-0.05, 0) is 24.1 Å². The van der Waals surface area contributed by atoms with Gasteiger partial charge in [-0.2, -0.15) is 4.31 Å². The summed E-state index contributed by atoms with van der Waals surface area (Å²) in [6.45, 7) is 1.86. The lowest BCUT2D eigenvalue weighted by atomic mass is 10.2. The van der Waals surface area contributed by atoms with Crippen LogP contribution in [0.3, 0.4) is 0 Å². The van der Waals surface area contributed by atoms with Gasteiger partial charge < -0.3 is 4.90 Å². The normalized spacial score (nSPS) is 16.3. The minimum atomic E-state index is -3.40. The highest BCUT2D eigenvalue weighted by Crippen LogP contribution is 2.15. The van der Waals surface area contributed by atoms with Crippen LogP contribution in [0.15, 0.2) is 42.7 Å². The van der Waals surface area contributed by atoms with Crippen LogP contribution in [-0.4, -0.2) is 54.6 Å². The summed E-state index contributed by atoms with van der Waals surface area (Å²) in [5.41, 5.74) is 0.428. The second-order valence-electron chi connectivity index (χ2n) is 5.59. The summed E-state index contributed by atoms with van der Waals surface area (Å²) in [7, 11) is -3.40. The van der Waals surface area contributed by atoms with Gasteiger partial charge >= 0.3 is 0 Å². The van der Waals surface area contributed by atoms with E-state index < -0.39 is 10.0 Å².